The molecule has 0 saturated carbocycles. The Balaban J connectivity index is 2.05. The largest absolute Gasteiger partial charge is 0.340 e. The first-order chi connectivity index (χ1) is 10.9. The predicted octanol–water partition coefficient (Wildman–Crippen LogP) is 4.00. The van der Waals surface area contributed by atoms with Crippen molar-refractivity contribution < 1.29 is 14.0 Å². The summed E-state index contributed by atoms with van der Waals surface area (Å²) in [7, 11) is 0. The average Bonchev–Trinajstić information content (AvgIpc) is 2.51. The lowest BCUT2D eigenvalue weighted by molar-refractivity contribution is -0.117. The molecule has 2 aromatic carbocycles. The van der Waals surface area contributed by atoms with Gasteiger partial charge in [0, 0.05) is 4.47 Å². The van der Waals surface area contributed by atoms with Crippen molar-refractivity contribution in [2.75, 3.05) is 5.32 Å². The lowest BCUT2D eigenvalue weighted by atomic mass is 10.2. The number of nitrogens with one attached hydrogen (secondary N) is 2. The van der Waals surface area contributed by atoms with E-state index in [4.69, 9.17) is 11.6 Å². The highest BCUT2D eigenvalue weighted by molar-refractivity contribution is 9.10. The van der Waals surface area contributed by atoms with Crippen LogP contribution in [0, 0.1) is 5.82 Å². The Morgan fingerprint density at radius 1 is 1.22 bits per heavy atom. The Hall–Kier alpha value is -1.92. The van der Waals surface area contributed by atoms with Gasteiger partial charge in [0.05, 0.1) is 16.3 Å². The van der Waals surface area contributed by atoms with Crippen LogP contribution in [0.25, 0.3) is 0 Å². The van der Waals surface area contributed by atoms with Gasteiger partial charge in [-0.1, -0.05) is 39.7 Å². The third-order valence-corrected chi connectivity index (χ3v) is 3.87. The topological polar surface area (TPSA) is 58.2 Å². The van der Waals surface area contributed by atoms with Gasteiger partial charge < -0.3 is 10.6 Å². The van der Waals surface area contributed by atoms with Gasteiger partial charge in [-0.05, 0) is 37.3 Å². The summed E-state index contributed by atoms with van der Waals surface area (Å²) in [5.41, 5.74) is 0.297. The summed E-state index contributed by atoms with van der Waals surface area (Å²) in [6.07, 6.45) is 0. The molecule has 0 aliphatic carbocycles. The number of para-hydroxylation sites is 1. The lowest BCUT2D eigenvalue weighted by Gasteiger charge is -2.15. The zero-order valence-electron chi connectivity index (χ0n) is 12.1. The Kier molecular flexibility index (Phi) is 5.74. The van der Waals surface area contributed by atoms with Crippen LogP contribution in [-0.2, 0) is 4.79 Å². The van der Waals surface area contributed by atoms with Crippen molar-refractivity contribution in [3.63, 3.8) is 0 Å². The molecule has 1 atom stereocenters. The molecule has 0 fully saturated rings. The maximum atomic E-state index is 13.5. The van der Waals surface area contributed by atoms with Gasteiger partial charge in [-0.25, -0.2) is 4.39 Å². The van der Waals surface area contributed by atoms with Crippen molar-refractivity contribution in [2.45, 2.75) is 13.0 Å². The standard InChI is InChI=1S/C16H13BrClFN2O2/c1-9(15(22)21-14-5-3-2-4-13(14)19)20-16(23)11-8-10(17)6-7-12(11)18/h2-9H,1H3,(H,20,23)(H,21,22). The molecule has 2 amide bonds. The van der Waals surface area contributed by atoms with E-state index >= 15 is 0 Å². The van der Waals surface area contributed by atoms with Crippen molar-refractivity contribution in [3.05, 3.63) is 63.3 Å². The van der Waals surface area contributed by atoms with Gasteiger partial charge >= 0.3 is 0 Å². The molecule has 4 nitrogen and oxygen atoms in total. The minimum Gasteiger partial charge on any atom is -0.340 e. The fourth-order valence-electron chi connectivity index (χ4n) is 1.82. The predicted molar refractivity (Wildman–Crippen MR) is 91.1 cm³/mol. The lowest BCUT2D eigenvalue weighted by Crippen LogP contribution is -2.41. The molecule has 0 aliphatic rings. The van der Waals surface area contributed by atoms with Crippen LogP contribution in [0.15, 0.2) is 46.9 Å². The van der Waals surface area contributed by atoms with Crippen LogP contribution in [0.5, 0.6) is 0 Å². The molecule has 2 rings (SSSR count). The van der Waals surface area contributed by atoms with Crippen LogP contribution < -0.4 is 10.6 Å². The zero-order chi connectivity index (χ0) is 17.0. The van der Waals surface area contributed by atoms with E-state index in [1.807, 2.05) is 0 Å². The molecule has 0 saturated heterocycles. The van der Waals surface area contributed by atoms with Crippen LogP contribution in [0.3, 0.4) is 0 Å². The van der Waals surface area contributed by atoms with E-state index in [1.54, 1.807) is 24.3 Å². The number of hydrogen-bond donors (Lipinski definition) is 2. The van der Waals surface area contributed by atoms with Gasteiger partial charge in [-0.2, -0.15) is 0 Å². The highest BCUT2D eigenvalue weighted by atomic mass is 79.9. The SMILES string of the molecule is CC(NC(=O)c1cc(Br)ccc1Cl)C(=O)Nc1ccccc1F. The molecule has 2 N–H and O–H groups in total. The maximum Gasteiger partial charge on any atom is 0.253 e. The Morgan fingerprint density at radius 3 is 2.61 bits per heavy atom. The highest BCUT2D eigenvalue weighted by Gasteiger charge is 2.19. The van der Waals surface area contributed by atoms with Crippen LogP contribution in [0.1, 0.15) is 17.3 Å². The van der Waals surface area contributed by atoms with E-state index in [9.17, 15) is 14.0 Å². The maximum absolute atomic E-state index is 13.5. The van der Waals surface area contributed by atoms with Crippen molar-refractivity contribution in [2.24, 2.45) is 0 Å². The third-order valence-electron chi connectivity index (χ3n) is 3.05. The molecule has 0 heterocycles. The van der Waals surface area contributed by atoms with Gasteiger partial charge in [-0.15, -0.1) is 0 Å². The monoisotopic (exact) mass is 398 g/mol. The van der Waals surface area contributed by atoms with Crippen LogP contribution >= 0.6 is 27.5 Å². The first-order valence-electron chi connectivity index (χ1n) is 6.70. The van der Waals surface area contributed by atoms with Gasteiger partial charge in [0.1, 0.15) is 11.9 Å². The fraction of sp³-hybridized carbons (Fsp3) is 0.125. The minimum atomic E-state index is -0.864. The molecule has 2 aromatic rings. The summed E-state index contributed by atoms with van der Waals surface area (Å²) in [6, 6.07) is 9.76. The summed E-state index contributed by atoms with van der Waals surface area (Å²) in [5, 5.41) is 5.22. The van der Waals surface area contributed by atoms with E-state index < -0.39 is 23.7 Å². The number of anilines is 1. The normalized spacial score (nSPS) is 11.7. The number of halogens is 3. The van der Waals surface area contributed by atoms with Crippen LogP contribution in [-0.4, -0.2) is 17.9 Å². The molecule has 1 unspecified atom stereocenters. The number of amides is 2. The van der Waals surface area contributed by atoms with E-state index in [0.717, 1.165) is 0 Å². The Bertz CT molecular complexity index is 755. The van der Waals surface area contributed by atoms with Crippen LogP contribution in [0.4, 0.5) is 10.1 Å². The van der Waals surface area contributed by atoms with Gasteiger partial charge in [0.25, 0.3) is 5.91 Å². The smallest absolute Gasteiger partial charge is 0.253 e. The number of carbonyl (C=O) groups is 2. The Morgan fingerprint density at radius 2 is 1.91 bits per heavy atom. The molecule has 0 radical (unpaired) electrons. The second-order valence-corrected chi connectivity index (χ2v) is 6.11. The molecule has 0 bridgehead atoms. The van der Waals surface area contributed by atoms with Gasteiger partial charge in [-0.3, -0.25) is 9.59 Å². The molecular weight excluding hydrogens is 387 g/mol. The second-order valence-electron chi connectivity index (χ2n) is 4.79. The first-order valence-corrected chi connectivity index (χ1v) is 7.87. The van der Waals surface area contributed by atoms with Crippen molar-refractivity contribution in [1.29, 1.82) is 0 Å². The molecular formula is C16H13BrClFN2O2. The van der Waals surface area contributed by atoms with Crippen molar-refractivity contribution in [1.82, 2.24) is 5.32 Å². The van der Waals surface area contributed by atoms with E-state index in [-0.39, 0.29) is 16.3 Å². The number of carbonyl (C=O) groups excluding carboxylic acids is 2. The van der Waals surface area contributed by atoms with Crippen LogP contribution in [0.2, 0.25) is 5.02 Å². The highest BCUT2D eigenvalue weighted by Crippen LogP contribution is 2.21. The third kappa shape index (κ3) is 4.53. The summed E-state index contributed by atoms with van der Waals surface area (Å²) in [4.78, 5) is 24.2. The van der Waals surface area contributed by atoms with E-state index in [2.05, 4.69) is 26.6 Å². The zero-order valence-corrected chi connectivity index (χ0v) is 14.4. The molecule has 120 valence electrons. The summed E-state index contributed by atoms with van der Waals surface area (Å²) in [5.74, 6) is -1.57. The first kappa shape index (κ1) is 17.4. The number of hydrogen-bond acceptors (Lipinski definition) is 2. The van der Waals surface area contributed by atoms with Gasteiger partial charge in [0.15, 0.2) is 0 Å². The average molecular weight is 400 g/mol. The second kappa shape index (κ2) is 7.57. The fourth-order valence-corrected chi connectivity index (χ4v) is 2.38. The summed E-state index contributed by atoms with van der Waals surface area (Å²) < 4.78 is 14.2. The van der Waals surface area contributed by atoms with Crippen molar-refractivity contribution in [3.8, 4) is 0 Å². The summed E-state index contributed by atoms with van der Waals surface area (Å²) in [6.45, 7) is 1.50. The molecule has 0 spiro atoms. The Labute approximate surface area is 146 Å². The van der Waals surface area contributed by atoms with Crippen molar-refractivity contribution >= 4 is 45.0 Å². The van der Waals surface area contributed by atoms with E-state index in [0.29, 0.717) is 4.47 Å². The molecule has 23 heavy (non-hydrogen) atoms. The minimum absolute atomic E-state index is 0.0547. The number of benzene rings is 2. The number of rotatable bonds is 4. The molecule has 0 aliphatic heterocycles. The van der Waals surface area contributed by atoms with Gasteiger partial charge in [0.2, 0.25) is 5.91 Å². The summed E-state index contributed by atoms with van der Waals surface area (Å²) >= 11 is 9.23. The molecule has 0 aromatic heterocycles. The quantitative estimate of drug-likeness (QED) is 0.816. The van der Waals surface area contributed by atoms with E-state index in [1.165, 1.54) is 25.1 Å². The molecule has 7 heteroatoms.